The van der Waals surface area contributed by atoms with Crippen LogP contribution in [0.3, 0.4) is 0 Å². The smallest absolute Gasteiger partial charge is 0.266 e. The van der Waals surface area contributed by atoms with Gasteiger partial charge in [-0.3, -0.25) is 19.2 Å². The third-order valence-corrected chi connectivity index (χ3v) is 5.00. The molecule has 1 aliphatic heterocycles. The molecule has 0 saturated carbocycles. The molecule has 32 heavy (non-hydrogen) atoms. The minimum atomic E-state index is -0.679. The summed E-state index contributed by atoms with van der Waals surface area (Å²) in [7, 11) is 0. The average Bonchev–Trinajstić information content (AvgIpc) is 3.04. The van der Waals surface area contributed by atoms with Crippen molar-refractivity contribution in [2.24, 2.45) is 5.73 Å². The summed E-state index contributed by atoms with van der Waals surface area (Å²) in [5.41, 5.74) is 6.66. The molecule has 3 aromatic rings. The zero-order valence-electron chi connectivity index (χ0n) is 17.1. The third kappa shape index (κ3) is 3.69. The number of benzene rings is 3. The summed E-state index contributed by atoms with van der Waals surface area (Å²) in [5.74, 6) is -1.59. The average molecular weight is 429 g/mol. The van der Waals surface area contributed by atoms with Crippen LogP contribution in [0.15, 0.2) is 66.7 Å². The van der Waals surface area contributed by atoms with E-state index in [0.29, 0.717) is 18.0 Å². The SMILES string of the molecule is CCOc1ccc(N2C(=O)c3ccc(C(=O)Nc4ccccc4C(N)=O)cc3C2=O)cc1. The third-order valence-electron chi connectivity index (χ3n) is 5.00. The van der Waals surface area contributed by atoms with Crippen molar-refractivity contribution in [2.45, 2.75) is 6.92 Å². The zero-order chi connectivity index (χ0) is 22.8. The number of carbonyl (C=O) groups excluding carboxylic acids is 4. The molecule has 8 nitrogen and oxygen atoms in total. The lowest BCUT2D eigenvalue weighted by atomic mass is 10.0. The van der Waals surface area contributed by atoms with Crippen LogP contribution in [0.5, 0.6) is 5.75 Å². The van der Waals surface area contributed by atoms with Gasteiger partial charge in [0.2, 0.25) is 0 Å². The number of nitrogens with one attached hydrogen (secondary N) is 1. The van der Waals surface area contributed by atoms with E-state index < -0.39 is 23.6 Å². The minimum absolute atomic E-state index is 0.125. The van der Waals surface area contributed by atoms with Gasteiger partial charge in [0.25, 0.3) is 23.6 Å². The lowest BCUT2D eigenvalue weighted by Crippen LogP contribution is -2.29. The number of para-hydroxylation sites is 1. The van der Waals surface area contributed by atoms with Crippen molar-refractivity contribution in [3.05, 3.63) is 89.0 Å². The van der Waals surface area contributed by atoms with Gasteiger partial charge in [-0.1, -0.05) is 12.1 Å². The van der Waals surface area contributed by atoms with Crippen molar-refractivity contribution in [1.29, 1.82) is 0 Å². The molecule has 3 aromatic carbocycles. The van der Waals surface area contributed by atoms with Crippen molar-refractivity contribution in [3.63, 3.8) is 0 Å². The van der Waals surface area contributed by atoms with E-state index in [2.05, 4.69) is 5.32 Å². The number of ether oxygens (including phenoxy) is 1. The van der Waals surface area contributed by atoms with Crippen LogP contribution in [0.2, 0.25) is 0 Å². The number of hydrogen-bond acceptors (Lipinski definition) is 5. The molecule has 0 saturated heterocycles. The maximum atomic E-state index is 13.0. The van der Waals surface area contributed by atoms with Gasteiger partial charge in [-0.2, -0.15) is 0 Å². The number of carbonyl (C=O) groups is 4. The van der Waals surface area contributed by atoms with Gasteiger partial charge in [0.1, 0.15) is 5.75 Å². The van der Waals surface area contributed by atoms with E-state index in [4.69, 9.17) is 10.5 Å². The summed E-state index contributed by atoms with van der Waals surface area (Å²) in [6.45, 7) is 2.36. The Balaban J connectivity index is 1.60. The number of hydrogen-bond donors (Lipinski definition) is 2. The van der Waals surface area contributed by atoms with Crippen LogP contribution >= 0.6 is 0 Å². The topological polar surface area (TPSA) is 119 Å². The first-order chi connectivity index (χ1) is 15.4. The van der Waals surface area contributed by atoms with Gasteiger partial charge in [-0.25, -0.2) is 4.90 Å². The second kappa shape index (κ2) is 8.35. The van der Waals surface area contributed by atoms with Crippen LogP contribution in [-0.4, -0.2) is 30.2 Å². The van der Waals surface area contributed by atoms with Crippen molar-refractivity contribution in [1.82, 2.24) is 0 Å². The molecule has 0 aromatic heterocycles. The minimum Gasteiger partial charge on any atom is -0.494 e. The Morgan fingerprint density at radius 2 is 1.62 bits per heavy atom. The van der Waals surface area contributed by atoms with E-state index in [0.717, 1.165) is 4.90 Å². The fourth-order valence-corrected chi connectivity index (χ4v) is 3.48. The second-order valence-corrected chi connectivity index (χ2v) is 7.00. The highest BCUT2D eigenvalue weighted by atomic mass is 16.5. The Bertz CT molecular complexity index is 1250. The van der Waals surface area contributed by atoms with Gasteiger partial charge in [-0.15, -0.1) is 0 Å². The summed E-state index contributed by atoms with van der Waals surface area (Å²) in [6.07, 6.45) is 0. The molecule has 3 N–H and O–H groups in total. The second-order valence-electron chi connectivity index (χ2n) is 7.00. The maximum absolute atomic E-state index is 13.0. The Morgan fingerprint density at radius 1 is 0.938 bits per heavy atom. The summed E-state index contributed by atoms with van der Waals surface area (Å²) >= 11 is 0. The van der Waals surface area contributed by atoms with Crippen LogP contribution in [0.25, 0.3) is 0 Å². The number of primary amides is 1. The summed E-state index contributed by atoms with van der Waals surface area (Å²) in [5, 5.41) is 2.62. The van der Waals surface area contributed by atoms with E-state index >= 15 is 0 Å². The molecule has 0 fully saturated rings. The fourth-order valence-electron chi connectivity index (χ4n) is 3.48. The number of amides is 4. The lowest BCUT2D eigenvalue weighted by molar-refractivity contribution is 0.0923. The predicted octanol–water partition coefficient (Wildman–Crippen LogP) is 3.24. The largest absolute Gasteiger partial charge is 0.494 e. The number of anilines is 2. The summed E-state index contributed by atoms with van der Waals surface area (Å²) in [6, 6.07) is 17.2. The van der Waals surface area contributed by atoms with E-state index in [-0.39, 0.29) is 27.9 Å². The molecule has 160 valence electrons. The molecular formula is C24H19N3O5. The fraction of sp³-hybridized carbons (Fsp3) is 0.0833. The Kier molecular flexibility index (Phi) is 5.43. The van der Waals surface area contributed by atoms with Gasteiger partial charge in [0, 0.05) is 5.56 Å². The van der Waals surface area contributed by atoms with Crippen LogP contribution in [0, 0.1) is 0 Å². The van der Waals surface area contributed by atoms with E-state index in [1.54, 1.807) is 42.5 Å². The van der Waals surface area contributed by atoms with Gasteiger partial charge < -0.3 is 15.8 Å². The standard InChI is InChI=1S/C24H19N3O5/c1-2-32-16-10-8-15(9-11-16)27-23(30)17-12-7-14(13-19(17)24(27)31)22(29)26-20-6-4-3-5-18(20)21(25)28/h3-13H,2H2,1H3,(H2,25,28)(H,26,29). The van der Waals surface area contributed by atoms with Crippen LogP contribution in [0.1, 0.15) is 48.4 Å². The molecule has 0 aliphatic carbocycles. The molecule has 0 radical (unpaired) electrons. The van der Waals surface area contributed by atoms with Gasteiger partial charge in [-0.05, 0) is 61.5 Å². The highest BCUT2D eigenvalue weighted by Crippen LogP contribution is 2.30. The molecule has 8 heteroatoms. The van der Waals surface area contributed by atoms with E-state index in [1.807, 2.05) is 6.92 Å². The molecule has 4 amide bonds. The maximum Gasteiger partial charge on any atom is 0.266 e. The summed E-state index contributed by atoms with van der Waals surface area (Å²) in [4.78, 5) is 51.2. The first-order valence-corrected chi connectivity index (χ1v) is 9.86. The highest BCUT2D eigenvalue weighted by Gasteiger charge is 2.37. The zero-order valence-corrected chi connectivity index (χ0v) is 17.1. The molecule has 0 bridgehead atoms. The number of nitrogens with two attached hydrogens (primary N) is 1. The molecule has 1 heterocycles. The molecule has 0 spiro atoms. The number of fused-ring (bicyclic) bond motifs is 1. The number of rotatable bonds is 6. The van der Waals surface area contributed by atoms with E-state index in [9.17, 15) is 19.2 Å². The highest BCUT2D eigenvalue weighted by molar-refractivity contribution is 6.34. The molecule has 4 rings (SSSR count). The van der Waals surface area contributed by atoms with Crippen LogP contribution in [-0.2, 0) is 0 Å². The van der Waals surface area contributed by atoms with Crippen molar-refractivity contribution in [3.8, 4) is 5.75 Å². The number of imide groups is 1. The molecule has 0 atom stereocenters. The first-order valence-electron chi connectivity index (χ1n) is 9.86. The first kappa shape index (κ1) is 20.8. The predicted molar refractivity (Wildman–Crippen MR) is 118 cm³/mol. The lowest BCUT2D eigenvalue weighted by Gasteiger charge is -2.14. The van der Waals surface area contributed by atoms with Crippen LogP contribution in [0.4, 0.5) is 11.4 Å². The molecule has 0 unspecified atom stereocenters. The quantitative estimate of drug-likeness (QED) is 0.583. The Hall–Kier alpha value is -4.46. The van der Waals surface area contributed by atoms with Crippen molar-refractivity contribution >= 4 is 35.0 Å². The monoisotopic (exact) mass is 429 g/mol. The van der Waals surface area contributed by atoms with Crippen molar-refractivity contribution in [2.75, 3.05) is 16.8 Å². The van der Waals surface area contributed by atoms with E-state index in [1.165, 1.54) is 24.3 Å². The normalized spacial score (nSPS) is 12.5. The van der Waals surface area contributed by atoms with Crippen LogP contribution < -0.4 is 20.7 Å². The van der Waals surface area contributed by atoms with Gasteiger partial charge >= 0.3 is 0 Å². The molecular weight excluding hydrogens is 410 g/mol. The van der Waals surface area contributed by atoms with Gasteiger partial charge in [0.05, 0.1) is 34.7 Å². The summed E-state index contributed by atoms with van der Waals surface area (Å²) < 4.78 is 5.39. The Morgan fingerprint density at radius 3 is 2.31 bits per heavy atom. The molecule has 1 aliphatic rings. The van der Waals surface area contributed by atoms with Gasteiger partial charge in [0.15, 0.2) is 0 Å². The number of nitrogens with zero attached hydrogens (tertiary/aromatic N) is 1. The Labute approximate surface area is 183 Å². The van der Waals surface area contributed by atoms with Crippen molar-refractivity contribution < 1.29 is 23.9 Å².